The molecule has 0 N–H and O–H groups in total. The van der Waals surface area contributed by atoms with E-state index in [9.17, 15) is 4.79 Å². The van der Waals surface area contributed by atoms with Crippen LogP contribution in [0.15, 0.2) is 29.1 Å². The molecule has 0 bridgehead atoms. The highest BCUT2D eigenvalue weighted by molar-refractivity contribution is 5.75. The van der Waals surface area contributed by atoms with Gasteiger partial charge in [-0.15, -0.1) is 0 Å². The summed E-state index contributed by atoms with van der Waals surface area (Å²) in [6.45, 7) is 5.35. The van der Waals surface area contributed by atoms with Crippen LogP contribution in [-0.2, 0) is 6.54 Å². The number of nitrogens with zero attached hydrogens (tertiary/aromatic N) is 2. The summed E-state index contributed by atoms with van der Waals surface area (Å²) in [7, 11) is 1.63. The van der Waals surface area contributed by atoms with Gasteiger partial charge >= 0.3 is 0 Å². The summed E-state index contributed by atoms with van der Waals surface area (Å²) >= 11 is 0. The molecule has 186 valence electrons. The molecule has 2 aromatic rings. The first-order chi connectivity index (χ1) is 16.2. The lowest BCUT2D eigenvalue weighted by molar-refractivity contribution is 0.357. The monoisotopic (exact) mass is 456 g/mol. The van der Waals surface area contributed by atoms with E-state index >= 15 is 0 Å². The third-order valence-electron chi connectivity index (χ3n) is 6.90. The standard InChI is InChI=1S/C29H48N2O2/c1-4-6-8-10-12-13-15-17-19-25(18-16-14-11-9-7-5-2)24-31-27-21-22-28(33-3)30-26(27)20-23-29(31)32/h20-23,25H,4-19,24H2,1-3H3. The molecule has 0 aliphatic heterocycles. The molecule has 1 unspecified atom stereocenters. The maximum atomic E-state index is 12.8. The first kappa shape index (κ1) is 27.4. The largest absolute Gasteiger partial charge is 0.481 e. The molecule has 33 heavy (non-hydrogen) atoms. The molecule has 2 aromatic heterocycles. The van der Waals surface area contributed by atoms with Gasteiger partial charge in [0.05, 0.1) is 18.1 Å². The Labute approximate surface area is 202 Å². The Morgan fingerprint density at radius 2 is 1.30 bits per heavy atom. The predicted molar refractivity (Wildman–Crippen MR) is 141 cm³/mol. The van der Waals surface area contributed by atoms with Gasteiger partial charge < -0.3 is 9.30 Å². The number of pyridine rings is 2. The Morgan fingerprint density at radius 3 is 1.85 bits per heavy atom. The van der Waals surface area contributed by atoms with Crippen molar-refractivity contribution in [3.63, 3.8) is 0 Å². The Bertz CT molecular complexity index is 830. The second kappa shape index (κ2) is 16.7. The molecule has 0 spiro atoms. The normalized spacial score (nSPS) is 12.3. The van der Waals surface area contributed by atoms with Crippen LogP contribution < -0.4 is 10.3 Å². The third kappa shape index (κ3) is 10.3. The van der Waals surface area contributed by atoms with Crippen molar-refractivity contribution < 1.29 is 4.74 Å². The molecule has 0 amide bonds. The SMILES string of the molecule is CCCCCCCCCCC(CCCCCCCC)Cn1c(=O)ccc2nc(OC)ccc21. The Kier molecular flexibility index (Phi) is 13.9. The van der Waals surface area contributed by atoms with Crippen LogP contribution in [0.5, 0.6) is 5.88 Å². The molecule has 1 atom stereocenters. The van der Waals surface area contributed by atoms with Crippen LogP contribution in [0.2, 0.25) is 0 Å². The van der Waals surface area contributed by atoms with Crippen molar-refractivity contribution in [3.8, 4) is 5.88 Å². The van der Waals surface area contributed by atoms with Gasteiger partial charge in [-0.2, -0.15) is 0 Å². The van der Waals surface area contributed by atoms with Crippen molar-refractivity contribution in [2.75, 3.05) is 7.11 Å². The van der Waals surface area contributed by atoms with Crippen LogP contribution in [0, 0.1) is 5.92 Å². The molecule has 2 heterocycles. The maximum absolute atomic E-state index is 12.8. The van der Waals surface area contributed by atoms with E-state index in [1.165, 1.54) is 103 Å². The summed E-state index contributed by atoms with van der Waals surface area (Å²) in [6, 6.07) is 7.32. The van der Waals surface area contributed by atoms with Crippen molar-refractivity contribution >= 4 is 11.0 Å². The zero-order valence-corrected chi connectivity index (χ0v) is 21.6. The smallest absolute Gasteiger partial charge is 0.251 e. The average molecular weight is 457 g/mol. The third-order valence-corrected chi connectivity index (χ3v) is 6.90. The molecule has 4 nitrogen and oxygen atoms in total. The van der Waals surface area contributed by atoms with Crippen LogP contribution in [0.25, 0.3) is 11.0 Å². The predicted octanol–water partition coefficient (Wildman–Crippen LogP) is 8.30. The van der Waals surface area contributed by atoms with Crippen LogP contribution in [0.1, 0.15) is 117 Å². The minimum Gasteiger partial charge on any atom is -0.481 e. The van der Waals surface area contributed by atoms with E-state index in [4.69, 9.17) is 4.74 Å². The fraction of sp³-hybridized carbons (Fsp3) is 0.724. The number of hydrogen-bond donors (Lipinski definition) is 0. The van der Waals surface area contributed by atoms with E-state index in [0.29, 0.717) is 11.8 Å². The molecule has 4 heteroatoms. The summed E-state index contributed by atoms with van der Waals surface area (Å²) in [5.41, 5.74) is 1.84. The van der Waals surface area contributed by atoms with Crippen molar-refractivity contribution in [1.29, 1.82) is 0 Å². The zero-order valence-electron chi connectivity index (χ0n) is 21.6. The first-order valence-electron chi connectivity index (χ1n) is 13.7. The Hall–Kier alpha value is -1.84. The van der Waals surface area contributed by atoms with Gasteiger partial charge in [-0.25, -0.2) is 4.98 Å². The molecule has 0 aliphatic rings. The van der Waals surface area contributed by atoms with Gasteiger partial charge in [-0.3, -0.25) is 4.79 Å². The second-order valence-corrected chi connectivity index (χ2v) is 9.73. The molecule has 0 radical (unpaired) electrons. The van der Waals surface area contributed by atoms with Crippen LogP contribution in [-0.4, -0.2) is 16.7 Å². The molecule has 0 saturated heterocycles. The van der Waals surface area contributed by atoms with Gasteiger partial charge in [0.15, 0.2) is 0 Å². The number of rotatable bonds is 19. The van der Waals surface area contributed by atoms with Crippen molar-refractivity contribution in [1.82, 2.24) is 9.55 Å². The molecule has 2 rings (SSSR count). The fourth-order valence-corrected chi connectivity index (χ4v) is 4.83. The number of aromatic nitrogens is 2. The summed E-state index contributed by atoms with van der Waals surface area (Å²) < 4.78 is 7.23. The van der Waals surface area contributed by atoms with Crippen molar-refractivity contribution in [2.45, 2.75) is 123 Å². The number of hydrogen-bond acceptors (Lipinski definition) is 3. The summed E-state index contributed by atoms with van der Waals surface area (Å²) in [5.74, 6) is 1.15. The maximum Gasteiger partial charge on any atom is 0.251 e. The minimum absolute atomic E-state index is 0.0818. The quantitative estimate of drug-likeness (QED) is 0.200. The van der Waals surface area contributed by atoms with Crippen LogP contribution in [0.4, 0.5) is 0 Å². The molecule has 0 aromatic carbocycles. The highest BCUT2D eigenvalue weighted by atomic mass is 16.5. The number of methoxy groups -OCH3 is 1. The first-order valence-corrected chi connectivity index (χ1v) is 13.7. The zero-order chi connectivity index (χ0) is 23.7. The lowest BCUT2D eigenvalue weighted by Crippen LogP contribution is -2.24. The minimum atomic E-state index is 0.0818. The van der Waals surface area contributed by atoms with Crippen LogP contribution >= 0.6 is 0 Å². The van der Waals surface area contributed by atoms with Crippen molar-refractivity contribution in [3.05, 3.63) is 34.6 Å². The molecular weight excluding hydrogens is 408 g/mol. The van der Waals surface area contributed by atoms with Gasteiger partial charge in [0.2, 0.25) is 5.88 Å². The fourth-order valence-electron chi connectivity index (χ4n) is 4.83. The van der Waals surface area contributed by atoms with E-state index in [0.717, 1.165) is 17.6 Å². The molecule has 0 fully saturated rings. The molecule has 0 saturated carbocycles. The van der Waals surface area contributed by atoms with Gasteiger partial charge in [0, 0.05) is 18.7 Å². The highest BCUT2D eigenvalue weighted by Crippen LogP contribution is 2.23. The van der Waals surface area contributed by atoms with E-state index in [1.807, 2.05) is 22.8 Å². The van der Waals surface area contributed by atoms with E-state index in [-0.39, 0.29) is 5.56 Å². The Morgan fingerprint density at radius 1 is 0.758 bits per heavy atom. The topological polar surface area (TPSA) is 44.1 Å². The lowest BCUT2D eigenvalue weighted by atomic mass is 9.93. The van der Waals surface area contributed by atoms with Gasteiger partial charge in [-0.05, 0) is 30.9 Å². The number of fused-ring (bicyclic) bond motifs is 1. The highest BCUT2D eigenvalue weighted by Gasteiger charge is 2.13. The Balaban J connectivity index is 1.96. The number of ether oxygens (including phenoxy) is 1. The summed E-state index contributed by atoms with van der Waals surface area (Å²) in [5, 5.41) is 0. The molecule has 0 aliphatic carbocycles. The van der Waals surface area contributed by atoms with Gasteiger partial charge in [-0.1, -0.05) is 104 Å². The van der Waals surface area contributed by atoms with E-state index < -0.39 is 0 Å². The van der Waals surface area contributed by atoms with Gasteiger partial charge in [0.1, 0.15) is 0 Å². The summed E-state index contributed by atoms with van der Waals surface area (Å²) in [6.07, 6.45) is 21.2. The van der Waals surface area contributed by atoms with E-state index in [2.05, 4.69) is 18.8 Å². The average Bonchev–Trinajstić information content (AvgIpc) is 2.83. The summed E-state index contributed by atoms with van der Waals surface area (Å²) in [4.78, 5) is 17.3. The van der Waals surface area contributed by atoms with Crippen molar-refractivity contribution in [2.24, 2.45) is 5.92 Å². The number of unbranched alkanes of at least 4 members (excludes halogenated alkanes) is 12. The van der Waals surface area contributed by atoms with E-state index in [1.54, 1.807) is 13.2 Å². The van der Waals surface area contributed by atoms with Crippen LogP contribution in [0.3, 0.4) is 0 Å². The molecular formula is C29H48N2O2. The lowest BCUT2D eigenvalue weighted by Gasteiger charge is -2.20. The second-order valence-electron chi connectivity index (χ2n) is 9.73. The van der Waals surface area contributed by atoms with Gasteiger partial charge in [0.25, 0.3) is 5.56 Å².